The first-order valence-electron chi connectivity index (χ1n) is 8.03. The van der Waals surface area contributed by atoms with E-state index in [0.717, 1.165) is 18.4 Å². The predicted molar refractivity (Wildman–Crippen MR) is 97.3 cm³/mol. The summed E-state index contributed by atoms with van der Waals surface area (Å²) in [5, 5.41) is 10.2. The van der Waals surface area contributed by atoms with Gasteiger partial charge in [-0.05, 0) is 42.2 Å². The first-order valence-corrected chi connectivity index (χ1v) is 8.78. The second kappa shape index (κ2) is 7.46. The van der Waals surface area contributed by atoms with Gasteiger partial charge in [0.2, 0.25) is 5.91 Å². The number of benzene rings is 2. The van der Waals surface area contributed by atoms with Crippen LogP contribution in [0.15, 0.2) is 42.5 Å². The Morgan fingerprint density at radius 1 is 1.12 bits per heavy atom. The van der Waals surface area contributed by atoms with E-state index in [2.05, 4.69) is 0 Å². The van der Waals surface area contributed by atoms with Crippen molar-refractivity contribution < 1.29 is 14.7 Å². The maximum absolute atomic E-state index is 12.8. The number of hydrogen-bond donors (Lipinski definition) is 1. The van der Waals surface area contributed by atoms with Crippen LogP contribution in [0.25, 0.3) is 0 Å². The summed E-state index contributed by atoms with van der Waals surface area (Å²) in [6, 6.07) is 12.0. The van der Waals surface area contributed by atoms with Crippen LogP contribution >= 0.6 is 23.2 Å². The van der Waals surface area contributed by atoms with Gasteiger partial charge in [-0.15, -0.1) is 0 Å². The number of amides is 1. The molecule has 0 radical (unpaired) electrons. The molecule has 0 aromatic heterocycles. The molecule has 1 aliphatic rings. The number of rotatable bonds is 4. The van der Waals surface area contributed by atoms with E-state index < -0.39 is 5.97 Å². The number of hydrogen-bond acceptors (Lipinski definition) is 2. The van der Waals surface area contributed by atoms with Crippen molar-refractivity contribution in [1.82, 2.24) is 4.90 Å². The molecule has 0 spiro atoms. The summed E-state index contributed by atoms with van der Waals surface area (Å²) >= 11 is 12.1. The topological polar surface area (TPSA) is 57.6 Å². The van der Waals surface area contributed by atoms with Crippen molar-refractivity contribution in [2.24, 2.45) is 0 Å². The Morgan fingerprint density at radius 2 is 1.88 bits per heavy atom. The number of carboxylic acid groups (broad SMARTS) is 1. The molecule has 6 heteroatoms. The minimum atomic E-state index is -1.02. The third-order valence-corrected chi connectivity index (χ3v) is 5.23. The lowest BCUT2D eigenvalue weighted by atomic mass is 10.0. The average molecular weight is 378 g/mol. The molecule has 1 amide bonds. The summed E-state index contributed by atoms with van der Waals surface area (Å²) in [5.41, 5.74) is 1.65. The van der Waals surface area contributed by atoms with Gasteiger partial charge in [-0.25, -0.2) is 4.79 Å². The third-order valence-electron chi connectivity index (χ3n) is 4.49. The number of likely N-dealkylation sites (tertiary alicyclic amines) is 1. The van der Waals surface area contributed by atoms with Gasteiger partial charge in [0.1, 0.15) is 0 Å². The lowest BCUT2D eigenvalue weighted by Crippen LogP contribution is -2.32. The van der Waals surface area contributed by atoms with E-state index in [-0.39, 0.29) is 23.9 Å². The minimum absolute atomic E-state index is 0.0562. The number of aromatic carboxylic acids is 1. The van der Waals surface area contributed by atoms with Gasteiger partial charge in [0.25, 0.3) is 0 Å². The van der Waals surface area contributed by atoms with Gasteiger partial charge in [-0.2, -0.15) is 0 Å². The Labute approximate surface area is 156 Å². The van der Waals surface area contributed by atoms with E-state index in [1.165, 1.54) is 6.07 Å². The Hall–Kier alpha value is -2.04. The lowest BCUT2D eigenvalue weighted by Gasteiger charge is -2.25. The van der Waals surface area contributed by atoms with E-state index in [1.807, 2.05) is 6.07 Å². The van der Waals surface area contributed by atoms with Crippen molar-refractivity contribution in [2.45, 2.75) is 25.3 Å². The highest BCUT2D eigenvalue weighted by atomic mass is 35.5. The molecule has 0 saturated carbocycles. The van der Waals surface area contributed by atoms with Crippen LogP contribution < -0.4 is 0 Å². The van der Waals surface area contributed by atoms with Crippen molar-refractivity contribution in [3.8, 4) is 0 Å². The molecule has 1 N–H and O–H groups in total. The molecular weight excluding hydrogens is 361 g/mol. The Kier molecular flexibility index (Phi) is 5.30. The average Bonchev–Trinajstić information content (AvgIpc) is 3.07. The van der Waals surface area contributed by atoms with E-state index in [9.17, 15) is 14.7 Å². The van der Waals surface area contributed by atoms with Crippen LogP contribution in [0, 0.1) is 0 Å². The van der Waals surface area contributed by atoms with Crippen LogP contribution in [0.2, 0.25) is 10.0 Å². The van der Waals surface area contributed by atoms with Crippen LogP contribution in [-0.4, -0.2) is 28.4 Å². The monoisotopic (exact) mass is 377 g/mol. The second-order valence-corrected chi connectivity index (χ2v) is 6.87. The molecular formula is C19H17Cl2NO3. The summed E-state index contributed by atoms with van der Waals surface area (Å²) in [4.78, 5) is 25.9. The van der Waals surface area contributed by atoms with Gasteiger partial charge in [0.05, 0.1) is 28.1 Å². The van der Waals surface area contributed by atoms with Crippen molar-refractivity contribution in [1.29, 1.82) is 0 Å². The number of halogens is 2. The minimum Gasteiger partial charge on any atom is -0.478 e. The zero-order valence-corrected chi connectivity index (χ0v) is 14.9. The fourth-order valence-electron chi connectivity index (χ4n) is 3.28. The quantitative estimate of drug-likeness (QED) is 0.846. The number of nitrogens with zero attached hydrogens (tertiary/aromatic N) is 1. The van der Waals surface area contributed by atoms with E-state index in [0.29, 0.717) is 22.2 Å². The molecule has 2 aromatic carbocycles. The first-order chi connectivity index (χ1) is 12.0. The zero-order valence-electron chi connectivity index (χ0n) is 13.4. The van der Waals surface area contributed by atoms with Crippen molar-refractivity contribution in [2.75, 3.05) is 6.54 Å². The van der Waals surface area contributed by atoms with E-state index in [1.54, 1.807) is 35.2 Å². The van der Waals surface area contributed by atoms with Gasteiger partial charge < -0.3 is 10.0 Å². The first kappa shape index (κ1) is 17.8. The molecule has 3 rings (SSSR count). The summed E-state index contributed by atoms with van der Waals surface area (Å²) < 4.78 is 0. The molecule has 0 aliphatic carbocycles. The van der Waals surface area contributed by atoms with E-state index in [4.69, 9.17) is 23.2 Å². The van der Waals surface area contributed by atoms with Gasteiger partial charge in [-0.3, -0.25) is 4.79 Å². The summed E-state index contributed by atoms with van der Waals surface area (Å²) in [6.07, 6.45) is 1.82. The molecule has 1 saturated heterocycles. The van der Waals surface area contributed by atoms with Crippen molar-refractivity contribution in [3.63, 3.8) is 0 Å². The maximum atomic E-state index is 12.8. The summed E-state index contributed by atoms with van der Waals surface area (Å²) in [5.74, 6) is -1.10. The van der Waals surface area contributed by atoms with Gasteiger partial charge in [0, 0.05) is 6.54 Å². The molecule has 2 aromatic rings. The number of carbonyl (C=O) groups excluding carboxylic acids is 1. The normalized spacial score (nSPS) is 16.9. The van der Waals surface area contributed by atoms with Crippen LogP contribution in [-0.2, 0) is 11.2 Å². The Morgan fingerprint density at radius 3 is 2.60 bits per heavy atom. The lowest BCUT2D eigenvalue weighted by molar-refractivity contribution is -0.131. The second-order valence-electron chi connectivity index (χ2n) is 6.06. The van der Waals surface area contributed by atoms with E-state index >= 15 is 0 Å². The Balaban J connectivity index is 1.82. The fourth-order valence-corrected chi connectivity index (χ4v) is 3.59. The van der Waals surface area contributed by atoms with Gasteiger partial charge >= 0.3 is 5.97 Å². The molecule has 1 aliphatic heterocycles. The Bertz CT molecular complexity index is 822. The highest BCUT2D eigenvalue weighted by Gasteiger charge is 2.30. The molecule has 1 atom stereocenters. The highest BCUT2D eigenvalue weighted by molar-refractivity contribution is 6.42. The van der Waals surface area contributed by atoms with Crippen molar-refractivity contribution in [3.05, 3.63) is 69.2 Å². The molecule has 4 nitrogen and oxygen atoms in total. The molecule has 0 bridgehead atoms. The summed E-state index contributed by atoms with van der Waals surface area (Å²) in [7, 11) is 0. The van der Waals surface area contributed by atoms with Crippen LogP contribution in [0.5, 0.6) is 0 Å². The van der Waals surface area contributed by atoms with Gasteiger partial charge in [-0.1, -0.05) is 47.5 Å². The van der Waals surface area contributed by atoms with Crippen LogP contribution in [0.3, 0.4) is 0 Å². The van der Waals surface area contributed by atoms with Crippen LogP contribution in [0.4, 0.5) is 0 Å². The molecule has 130 valence electrons. The predicted octanol–water partition coefficient (Wildman–Crippen LogP) is 4.60. The SMILES string of the molecule is O=C(O)c1ccccc1CC(=O)N1CCCC1c1ccc(Cl)c(Cl)c1. The highest BCUT2D eigenvalue weighted by Crippen LogP contribution is 2.35. The number of carbonyl (C=O) groups is 2. The smallest absolute Gasteiger partial charge is 0.335 e. The summed E-state index contributed by atoms with van der Waals surface area (Å²) in [6.45, 7) is 0.652. The van der Waals surface area contributed by atoms with Gasteiger partial charge in [0.15, 0.2) is 0 Å². The zero-order chi connectivity index (χ0) is 18.0. The molecule has 1 unspecified atom stereocenters. The third kappa shape index (κ3) is 3.80. The standard InChI is InChI=1S/C19H17Cl2NO3/c20-15-8-7-13(10-16(15)21)17-6-3-9-22(17)18(23)11-12-4-1-2-5-14(12)19(24)25/h1-2,4-5,7-8,10,17H,3,6,9,11H2,(H,24,25). The largest absolute Gasteiger partial charge is 0.478 e. The number of carboxylic acids is 1. The molecule has 1 fully saturated rings. The van der Waals surface area contributed by atoms with Crippen molar-refractivity contribution >= 4 is 35.1 Å². The maximum Gasteiger partial charge on any atom is 0.335 e. The molecule has 25 heavy (non-hydrogen) atoms. The molecule has 1 heterocycles. The van der Waals surface area contributed by atoms with Crippen LogP contribution in [0.1, 0.15) is 40.4 Å². The fraction of sp³-hybridized carbons (Fsp3) is 0.263.